The molecule has 1 fully saturated rings. The van der Waals surface area contributed by atoms with Gasteiger partial charge in [-0.1, -0.05) is 17.7 Å². The van der Waals surface area contributed by atoms with Gasteiger partial charge in [0.25, 0.3) is 0 Å². The smallest absolute Gasteiger partial charge is 0.335 e. The summed E-state index contributed by atoms with van der Waals surface area (Å²) in [6.07, 6.45) is 8.86. The first-order chi connectivity index (χ1) is 11.0. The van der Waals surface area contributed by atoms with Crippen molar-refractivity contribution < 1.29 is 19.2 Å². The van der Waals surface area contributed by atoms with Crippen molar-refractivity contribution in [3.63, 3.8) is 0 Å². The molecule has 0 atom stereocenters. The fourth-order valence-electron chi connectivity index (χ4n) is 2.67. The normalized spacial score (nSPS) is 18.3. The molecule has 5 amide bonds. The van der Waals surface area contributed by atoms with Gasteiger partial charge in [0.2, 0.25) is 5.91 Å². The largest absolute Gasteiger partial charge is 0.354 e. The minimum atomic E-state index is -0.970. The summed E-state index contributed by atoms with van der Waals surface area (Å²) >= 11 is 0. The highest BCUT2D eigenvalue weighted by atomic mass is 16.2. The van der Waals surface area contributed by atoms with Gasteiger partial charge in [-0.2, -0.15) is 0 Å². The lowest BCUT2D eigenvalue weighted by atomic mass is 9.97. The Balaban J connectivity index is 1.81. The highest BCUT2D eigenvalue weighted by Crippen LogP contribution is 2.19. The van der Waals surface area contributed by atoms with E-state index in [1.807, 2.05) is 0 Å². The minimum Gasteiger partial charge on any atom is -0.354 e. The van der Waals surface area contributed by atoms with E-state index in [0.29, 0.717) is 11.4 Å². The fourth-order valence-corrected chi connectivity index (χ4v) is 2.67. The maximum Gasteiger partial charge on any atom is 0.335 e. The molecule has 2 rings (SSSR count). The van der Waals surface area contributed by atoms with Crippen LogP contribution in [-0.4, -0.2) is 53.2 Å². The number of nitrogens with one attached hydrogen (secondary N) is 1. The second kappa shape index (κ2) is 7.71. The lowest BCUT2D eigenvalue weighted by Crippen LogP contribution is -2.41. The Morgan fingerprint density at radius 1 is 1.22 bits per heavy atom. The zero-order valence-electron chi connectivity index (χ0n) is 13.0. The lowest BCUT2D eigenvalue weighted by Gasteiger charge is -2.15. The van der Waals surface area contributed by atoms with Gasteiger partial charge in [0.1, 0.15) is 6.54 Å². The average Bonchev–Trinajstić information content (AvgIpc) is 2.74. The zero-order valence-corrected chi connectivity index (χ0v) is 13.0. The van der Waals surface area contributed by atoms with Gasteiger partial charge in [0.05, 0.1) is 0 Å². The van der Waals surface area contributed by atoms with Crippen LogP contribution in [0, 0.1) is 0 Å². The van der Waals surface area contributed by atoms with Gasteiger partial charge < -0.3 is 5.32 Å². The van der Waals surface area contributed by atoms with Gasteiger partial charge >= 0.3 is 17.8 Å². The maximum atomic E-state index is 11.9. The highest BCUT2D eigenvalue weighted by Gasteiger charge is 2.44. The Bertz CT molecular complexity index is 568. The Hall–Kier alpha value is -2.44. The number of nitrogens with zero attached hydrogens (tertiary/aromatic N) is 2. The molecule has 1 aliphatic heterocycles. The summed E-state index contributed by atoms with van der Waals surface area (Å²) in [5.74, 6) is -2.34. The van der Waals surface area contributed by atoms with E-state index in [0.717, 1.165) is 24.2 Å². The van der Waals surface area contributed by atoms with Crippen molar-refractivity contribution in [2.24, 2.45) is 0 Å². The number of hydrogen-bond acceptors (Lipinski definition) is 4. The first-order valence-electron chi connectivity index (χ1n) is 7.77. The van der Waals surface area contributed by atoms with E-state index >= 15 is 0 Å². The number of hydrogen-bond donors (Lipinski definition) is 1. The Kier molecular flexibility index (Phi) is 5.67. The van der Waals surface area contributed by atoms with Gasteiger partial charge in [-0.25, -0.2) is 9.69 Å². The molecule has 1 N–H and O–H groups in total. The summed E-state index contributed by atoms with van der Waals surface area (Å²) in [6.45, 7) is 3.41. The molecule has 1 aliphatic carbocycles. The van der Waals surface area contributed by atoms with Crippen LogP contribution in [0.4, 0.5) is 4.79 Å². The van der Waals surface area contributed by atoms with Crippen molar-refractivity contribution in [2.45, 2.75) is 32.1 Å². The van der Waals surface area contributed by atoms with Crippen molar-refractivity contribution >= 4 is 23.8 Å². The molecule has 0 spiro atoms. The molecule has 124 valence electrons. The van der Waals surface area contributed by atoms with E-state index in [1.165, 1.54) is 24.5 Å². The molecule has 0 unspecified atom stereocenters. The number of amides is 5. The number of urea groups is 1. The molecule has 1 saturated heterocycles. The molecular formula is C16H21N3O4. The monoisotopic (exact) mass is 319 g/mol. The van der Waals surface area contributed by atoms with Gasteiger partial charge in [0, 0.05) is 13.1 Å². The Morgan fingerprint density at radius 3 is 2.61 bits per heavy atom. The van der Waals surface area contributed by atoms with Crippen LogP contribution in [0.25, 0.3) is 0 Å². The third kappa shape index (κ3) is 4.06. The van der Waals surface area contributed by atoms with E-state index in [1.54, 1.807) is 0 Å². The summed E-state index contributed by atoms with van der Waals surface area (Å²) < 4.78 is 0. The SMILES string of the molecule is C=CCN1C(=O)C(=O)N(CC(=O)NCCC2=CCCCC2)C1=O. The van der Waals surface area contributed by atoms with Gasteiger partial charge in [0.15, 0.2) is 0 Å². The predicted molar refractivity (Wildman–Crippen MR) is 83.2 cm³/mol. The standard InChI is InChI=1S/C16H21N3O4/c1-2-10-18-14(21)15(22)19(16(18)23)11-13(20)17-9-8-12-6-4-3-5-7-12/h2,6H,1,3-5,7-11H2,(H,17,20). The molecule has 0 aromatic rings. The van der Waals surface area contributed by atoms with Crippen molar-refractivity contribution in [1.29, 1.82) is 0 Å². The van der Waals surface area contributed by atoms with E-state index < -0.39 is 30.3 Å². The number of imide groups is 2. The lowest BCUT2D eigenvalue weighted by molar-refractivity contribution is -0.143. The Morgan fingerprint density at radius 2 is 1.96 bits per heavy atom. The first-order valence-corrected chi connectivity index (χ1v) is 7.77. The van der Waals surface area contributed by atoms with E-state index in [4.69, 9.17) is 0 Å². The van der Waals surface area contributed by atoms with E-state index in [2.05, 4.69) is 18.0 Å². The average molecular weight is 319 g/mol. The molecule has 23 heavy (non-hydrogen) atoms. The predicted octanol–water partition coefficient (Wildman–Crippen LogP) is 0.970. The maximum absolute atomic E-state index is 11.9. The van der Waals surface area contributed by atoms with Crippen LogP contribution >= 0.6 is 0 Å². The summed E-state index contributed by atoms with van der Waals surface area (Å²) in [4.78, 5) is 48.7. The topological polar surface area (TPSA) is 86.8 Å². The van der Waals surface area contributed by atoms with Gasteiger partial charge in [-0.3, -0.25) is 19.3 Å². The second-order valence-corrected chi connectivity index (χ2v) is 5.59. The molecule has 0 saturated carbocycles. The zero-order chi connectivity index (χ0) is 16.8. The van der Waals surface area contributed by atoms with Crippen molar-refractivity contribution in [3.05, 3.63) is 24.3 Å². The van der Waals surface area contributed by atoms with Crippen LogP contribution in [0.15, 0.2) is 24.3 Å². The summed E-state index contributed by atoms with van der Waals surface area (Å²) in [6, 6.07) is -0.773. The molecule has 2 aliphatic rings. The van der Waals surface area contributed by atoms with E-state index in [-0.39, 0.29) is 6.54 Å². The van der Waals surface area contributed by atoms with E-state index in [9.17, 15) is 19.2 Å². The molecule has 0 aromatic carbocycles. The quantitative estimate of drug-likeness (QED) is 0.430. The molecule has 0 bridgehead atoms. The van der Waals surface area contributed by atoms with Crippen LogP contribution in [0.2, 0.25) is 0 Å². The van der Waals surface area contributed by atoms with Gasteiger partial charge in [-0.05, 0) is 32.1 Å². The third-order valence-corrected chi connectivity index (χ3v) is 3.90. The molecular weight excluding hydrogens is 298 g/mol. The van der Waals surface area contributed by atoms with Crippen LogP contribution < -0.4 is 5.32 Å². The molecule has 0 radical (unpaired) electrons. The highest BCUT2D eigenvalue weighted by molar-refractivity contribution is 6.45. The second-order valence-electron chi connectivity index (χ2n) is 5.59. The molecule has 1 heterocycles. The van der Waals surface area contributed by atoms with Crippen molar-refractivity contribution in [2.75, 3.05) is 19.6 Å². The van der Waals surface area contributed by atoms with Crippen LogP contribution in [0.5, 0.6) is 0 Å². The van der Waals surface area contributed by atoms with Crippen molar-refractivity contribution in [1.82, 2.24) is 15.1 Å². The first kappa shape index (κ1) is 16.9. The fraction of sp³-hybridized carbons (Fsp3) is 0.500. The molecule has 7 nitrogen and oxygen atoms in total. The van der Waals surface area contributed by atoms with Crippen molar-refractivity contribution in [3.8, 4) is 0 Å². The van der Waals surface area contributed by atoms with Crippen LogP contribution in [-0.2, 0) is 14.4 Å². The number of allylic oxidation sites excluding steroid dienone is 1. The summed E-state index contributed by atoms with van der Waals surface area (Å²) in [5.41, 5.74) is 1.33. The van der Waals surface area contributed by atoms with Gasteiger partial charge in [-0.15, -0.1) is 6.58 Å². The minimum absolute atomic E-state index is 0.0460. The van der Waals surface area contributed by atoms with Crippen LogP contribution in [0.3, 0.4) is 0 Å². The van der Waals surface area contributed by atoms with Crippen LogP contribution in [0.1, 0.15) is 32.1 Å². The molecule has 7 heteroatoms. The summed E-state index contributed by atoms with van der Waals surface area (Å²) in [7, 11) is 0. The number of carbonyl (C=O) groups is 4. The molecule has 0 aromatic heterocycles. The number of carbonyl (C=O) groups excluding carboxylic acids is 4. The Labute approximate surface area is 135 Å². The third-order valence-electron chi connectivity index (χ3n) is 3.90. The summed E-state index contributed by atoms with van der Waals surface area (Å²) in [5, 5.41) is 2.68. The number of rotatable bonds is 7.